The summed E-state index contributed by atoms with van der Waals surface area (Å²) < 4.78 is 21.4. The lowest BCUT2D eigenvalue weighted by Crippen LogP contribution is -2.43. The number of fused-ring (bicyclic) bond motifs is 1. The van der Waals surface area contributed by atoms with Gasteiger partial charge in [0, 0.05) is 19.1 Å². The highest BCUT2D eigenvalue weighted by Crippen LogP contribution is 2.41. The van der Waals surface area contributed by atoms with E-state index in [4.69, 9.17) is 18.9 Å². The number of methoxy groups -OCH3 is 1. The predicted octanol–water partition coefficient (Wildman–Crippen LogP) is 2.82. The topological polar surface area (TPSA) is 78.0 Å². The maximum atomic E-state index is 11.9. The number of hydrogen-bond acceptors (Lipinski definition) is 6. The number of hydrogen-bond donors (Lipinski definition) is 2. The van der Waals surface area contributed by atoms with Gasteiger partial charge in [0.05, 0.1) is 7.11 Å². The van der Waals surface area contributed by atoms with Crippen LogP contribution in [0.3, 0.4) is 0 Å². The summed E-state index contributed by atoms with van der Waals surface area (Å²) in [4.78, 5) is 11.9. The third-order valence-electron chi connectivity index (χ3n) is 3.65. The van der Waals surface area contributed by atoms with Crippen LogP contribution in [0, 0.1) is 0 Å². The Kier molecular flexibility index (Phi) is 6.36. The maximum Gasteiger partial charge on any atom is 0.407 e. The summed E-state index contributed by atoms with van der Waals surface area (Å²) in [5, 5.41) is 6.22. The van der Waals surface area contributed by atoms with Crippen LogP contribution in [0.2, 0.25) is 0 Å². The van der Waals surface area contributed by atoms with Crippen LogP contribution in [0.1, 0.15) is 39.7 Å². The quantitative estimate of drug-likeness (QED) is 0.786. The lowest BCUT2D eigenvalue weighted by molar-refractivity contribution is 0.0502. The molecule has 1 aliphatic heterocycles. The van der Waals surface area contributed by atoms with E-state index < -0.39 is 11.7 Å². The molecule has 0 fully saturated rings. The summed E-state index contributed by atoms with van der Waals surface area (Å²) in [6.45, 7) is 9.02. The van der Waals surface area contributed by atoms with Crippen LogP contribution in [-0.4, -0.2) is 38.2 Å². The fourth-order valence-electron chi connectivity index (χ4n) is 2.45. The van der Waals surface area contributed by atoms with Gasteiger partial charge >= 0.3 is 6.09 Å². The number of carbonyl (C=O) groups excluding carboxylic acids is 1. The van der Waals surface area contributed by atoms with Crippen molar-refractivity contribution in [3.63, 3.8) is 0 Å². The Balaban J connectivity index is 1.85. The molecule has 0 aromatic heterocycles. The monoisotopic (exact) mass is 352 g/mol. The Morgan fingerprint density at radius 1 is 1.32 bits per heavy atom. The molecule has 25 heavy (non-hydrogen) atoms. The zero-order chi connectivity index (χ0) is 18.4. The lowest BCUT2D eigenvalue weighted by Gasteiger charge is -2.23. The van der Waals surface area contributed by atoms with Crippen molar-refractivity contribution in [2.45, 2.75) is 52.3 Å². The molecule has 0 saturated heterocycles. The van der Waals surface area contributed by atoms with E-state index in [1.54, 1.807) is 7.11 Å². The van der Waals surface area contributed by atoms with Crippen molar-refractivity contribution >= 4 is 6.09 Å². The van der Waals surface area contributed by atoms with Gasteiger partial charge in [-0.15, -0.1) is 0 Å². The molecule has 7 heteroatoms. The maximum absolute atomic E-state index is 11.9. The second kappa shape index (κ2) is 8.29. The lowest BCUT2D eigenvalue weighted by atomic mass is 10.1. The van der Waals surface area contributed by atoms with Crippen LogP contribution in [0.5, 0.6) is 17.2 Å². The van der Waals surface area contributed by atoms with Gasteiger partial charge < -0.3 is 29.6 Å². The predicted molar refractivity (Wildman–Crippen MR) is 94.3 cm³/mol. The second-order valence-electron chi connectivity index (χ2n) is 6.91. The van der Waals surface area contributed by atoms with Gasteiger partial charge in [0.15, 0.2) is 11.5 Å². The Morgan fingerprint density at radius 2 is 2.08 bits per heavy atom. The summed E-state index contributed by atoms with van der Waals surface area (Å²) in [7, 11) is 1.60. The molecule has 1 aromatic rings. The van der Waals surface area contributed by atoms with Crippen molar-refractivity contribution in [2.24, 2.45) is 0 Å². The minimum Gasteiger partial charge on any atom is -0.493 e. The highest BCUT2D eigenvalue weighted by Gasteiger charge is 2.21. The molecule has 140 valence electrons. The Morgan fingerprint density at radius 3 is 2.72 bits per heavy atom. The van der Waals surface area contributed by atoms with Crippen LogP contribution in [0.15, 0.2) is 12.1 Å². The molecule has 1 heterocycles. The summed E-state index contributed by atoms with van der Waals surface area (Å²) >= 11 is 0. The summed E-state index contributed by atoms with van der Waals surface area (Å²) in [5.74, 6) is 1.99. The average molecular weight is 352 g/mol. The first-order valence-electron chi connectivity index (χ1n) is 8.49. The van der Waals surface area contributed by atoms with Crippen molar-refractivity contribution in [3.8, 4) is 17.2 Å². The molecule has 2 rings (SSSR count). The van der Waals surface area contributed by atoms with Crippen molar-refractivity contribution in [3.05, 3.63) is 17.7 Å². The molecule has 1 unspecified atom stereocenters. The number of alkyl carbamates (subject to hydrolysis) is 1. The summed E-state index contributed by atoms with van der Waals surface area (Å²) in [6.07, 6.45) is 0.405. The van der Waals surface area contributed by atoms with E-state index in [0.717, 1.165) is 12.0 Å². The van der Waals surface area contributed by atoms with Crippen molar-refractivity contribution in [1.29, 1.82) is 0 Å². The third-order valence-corrected chi connectivity index (χ3v) is 3.65. The number of carbonyl (C=O) groups is 1. The Hall–Kier alpha value is -2.15. The molecular weight excluding hydrogens is 324 g/mol. The molecule has 1 aromatic carbocycles. The van der Waals surface area contributed by atoms with Gasteiger partial charge in [-0.25, -0.2) is 4.79 Å². The molecule has 0 bridgehead atoms. The van der Waals surface area contributed by atoms with Gasteiger partial charge in [-0.2, -0.15) is 0 Å². The minimum atomic E-state index is -0.501. The zero-order valence-corrected chi connectivity index (χ0v) is 15.6. The standard InChI is InChI=1S/C18H28N2O5/c1-6-13(20-17(21)25-18(2,3)4)10-19-9-12-7-14(22-5)16-15(8-12)23-11-24-16/h7-8,13,19H,6,9-11H2,1-5H3,(H,20,21). The highest BCUT2D eigenvalue weighted by molar-refractivity contribution is 5.68. The molecule has 2 N–H and O–H groups in total. The first-order chi connectivity index (χ1) is 11.8. The van der Waals surface area contributed by atoms with Crippen LogP contribution in [0.25, 0.3) is 0 Å². The molecule has 0 aliphatic carbocycles. The van der Waals surface area contributed by atoms with Crippen molar-refractivity contribution in [2.75, 3.05) is 20.4 Å². The fourth-order valence-corrected chi connectivity index (χ4v) is 2.45. The van der Waals surface area contributed by atoms with E-state index >= 15 is 0 Å². The van der Waals surface area contributed by atoms with E-state index in [1.807, 2.05) is 39.8 Å². The first-order valence-corrected chi connectivity index (χ1v) is 8.49. The molecule has 0 spiro atoms. The van der Waals surface area contributed by atoms with Gasteiger partial charge in [0.25, 0.3) is 0 Å². The average Bonchev–Trinajstić information content (AvgIpc) is 2.99. The van der Waals surface area contributed by atoms with E-state index in [1.165, 1.54) is 0 Å². The molecule has 0 radical (unpaired) electrons. The third kappa shape index (κ3) is 5.70. The Bertz CT molecular complexity index is 598. The van der Waals surface area contributed by atoms with Crippen molar-refractivity contribution in [1.82, 2.24) is 10.6 Å². The van der Waals surface area contributed by atoms with Gasteiger partial charge in [0.1, 0.15) is 5.60 Å². The number of ether oxygens (including phenoxy) is 4. The van der Waals surface area contributed by atoms with Gasteiger partial charge in [0.2, 0.25) is 12.5 Å². The molecule has 0 saturated carbocycles. The van der Waals surface area contributed by atoms with Crippen molar-refractivity contribution < 1.29 is 23.7 Å². The van der Waals surface area contributed by atoms with E-state index in [2.05, 4.69) is 10.6 Å². The number of nitrogens with one attached hydrogen (secondary N) is 2. The normalized spacial score (nSPS) is 14.1. The largest absolute Gasteiger partial charge is 0.493 e. The van der Waals surface area contributed by atoms with Crippen LogP contribution < -0.4 is 24.8 Å². The highest BCUT2D eigenvalue weighted by atomic mass is 16.7. The number of amides is 1. The van der Waals surface area contributed by atoms with E-state index in [-0.39, 0.29) is 12.8 Å². The summed E-state index contributed by atoms with van der Waals surface area (Å²) in [6, 6.07) is 3.84. The van der Waals surface area contributed by atoms with Crippen LogP contribution in [-0.2, 0) is 11.3 Å². The second-order valence-corrected chi connectivity index (χ2v) is 6.91. The molecule has 1 amide bonds. The van der Waals surface area contributed by atoms with Crippen LogP contribution >= 0.6 is 0 Å². The number of rotatable bonds is 7. The van der Waals surface area contributed by atoms with Gasteiger partial charge in [-0.05, 0) is 44.9 Å². The first kappa shape index (κ1) is 19.2. The molecule has 1 atom stereocenters. The Labute approximate surface area is 149 Å². The SMILES string of the molecule is CCC(CNCc1cc(OC)c2c(c1)OCO2)NC(=O)OC(C)(C)C. The molecule has 1 aliphatic rings. The fraction of sp³-hybridized carbons (Fsp3) is 0.611. The molecule has 7 nitrogen and oxygen atoms in total. The van der Waals surface area contributed by atoms with E-state index in [0.29, 0.717) is 30.3 Å². The van der Waals surface area contributed by atoms with Crippen LogP contribution in [0.4, 0.5) is 4.79 Å². The molecular formula is C18H28N2O5. The minimum absolute atomic E-state index is 0.00856. The van der Waals surface area contributed by atoms with Gasteiger partial charge in [-0.3, -0.25) is 0 Å². The van der Waals surface area contributed by atoms with E-state index in [9.17, 15) is 4.79 Å². The summed E-state index contributed by atoms with van der Waals surface area (Å²) in [5.41, 5.74) is 0.520. The smallest absolute Gasteiger partial charge is 0.407 e. The zero-order valence-electron chi connectivity index (χ0n) is 15.6. The number of benzene rings is 1. The van der Waals surface area contributed by atoms with Gasteiger partial charge in [-0.1, -0.05) is 6.92 Å².